The smallest absolute Gasteiger partial charge is 0.411 e. The quantitative estimate of drug-likeness (QED) is 0.401. The summed E-state index contributed by atoms with van der Waals surface area (Å²) in [4.78, 5) is 11.4. The largest absolute Gasteiger partial charge is 0.435 e. The first-order chi connectivity index (χ1) is 8.70. The van der Waals surface area contributed by atoms with Crippen molar-refractivity contribution in [2.24, 2.45) is 0 Å². The summed E-state index contributed by atoms with van der Waals surface area (Å²) in [5.74, 6) is -0.924. The van der Waals surface area contributed by atoms with E-state index in [1.54, 1.807) is 0 Å². The maximum absolute atomic E-state index is 11.7. The van der Waals surface area contributed by atoms with Gasteiger partial charge in [0.2, 0.25) is 0 Å². The summed E-state index contributed by atoms with van der Waals surface area (Å²) in [5.41, 5.74) is 5.48. The number of carbonyl (C=O) groups is 1. The van der Waals surface area contributed by atoms with Crippen LogP contribution in [-0.4, -0.2) is 25.5 Å². The van der Waals surface area contributed by atoms with Crippen molar-refractivity contribution in [3.63, 3.8) is 0 Å². The number of hydrogen-bond donors (Lipinski definition) is 1. The molecule has 9 heteroatoms. The molecule has 0 aliphatic heterocycles. The number of hydrogen-bond acceptors (Lipinski definition) is 4. The lowest BCUT2D eigenvalue weighted by atomic mass is 10.2. The van der Waals surface area contributed by atoms with E-state index in [4.69, 9.17) is 28.9 Å². The highest BCUT2D eigenvalue weighted by atomic mass is 35.5. The van der Waals surface area contributed by atoms with Crippen LogP contribution >= 0.6 is 23.2 Å². The lowest BCUT2D eigenvalue weighted by Crippen LogP contribution is -2.19. The van der Waals surface area contributed by atoms with Crippen molar-refractivity contribution in [2.45, 2.75) is 6.18 Å². The molecule has 0 bridgehead atoms. The molecule has 0 heterocycles. The van der Waals surface area contributed by atoms with Crippen molar-refractivity contribution in [3.05, 3.63) is 27.7 Å². The molecule has 0 amide bonds. The maximum atomic E-state index is 11.7. The molecule has 0 aliphatic rings. The summed E-state index contributed by atoms with van der Waals surface area (Å²) in [6, 6.07) is 2.38. The second-order valence-corrected chi connectivity index (χ2v) is 4.16. The van der Waals surface area contributed by atoms with Gasteiger partial charge < -0.3 is 15.2 Å². The Morgan fingerprint density at radius 3 is 2.47 bits per heavy atom. The minimum atomic E-state index is -4.49. The molecule has 1 aromatic rings. The average Bonchev–Trinajstić information content (AvgIpc) is 2.29. The van der Waals surface area contributed by atoms with Crippen LogP contribution in [-0.2, 0) is 9.47 Å². The van der Waals surface area contributed by atoms with Crippen molar-refractivity contribution >= 4 is 34.9 Å². The molecule has 0 radical (unpaired) electrons. The lowest BCUT2D eigenvalue weighted by Gasteiger charge is -2.09. The Labute approximate surface area is 116 Å². The van der Waals surface area contributed by atoms with Crippen LogP contribution in [0.3, 0.4) is 0 Å². The highest BCUT2D eigenvalue weighted by Gasteiger charge is 2.27. The van der Waals surface area contributed by atoms with Crippen molar-refractivity contribution in [3.8, 4) is 0 Å². The van der Waals surface area contributed by atoms with Crippen molar-refractivity contribution in [2.75, 3.05) is 19.1 Å². The summed E-state index contributed by atoms with van der Waals surface area (Å²) < 4.78 is 43.8. The van der Waals surface area contributed by atoms with Crippen LogP contribution in [0.15, 0.2) is 12.1 Å². The van der Waals surface area contributed by atoms with Crippen LogP contribution in [0.1, 0.15) is 10.4 Å². The molecule has 106 valence electrons. The number of anilines is 1. The SMILES string of the molecule is Nc1cc(C(=O)OCOCC(F)(F)F)cc(Cl)c1Cl. The van der Waals surface area contributed by atoms with E-state index in [0.717, 1.165) is 0 Å². The maximum Gasteiger partial charge on any atom is 0.411 e. The van der Waals surface area contributed by atoms with Gasteiger partial charge >= 0.3 is 12.1 Å². The molecule has 19 heavy (non-hydrogen) atoms. The normalized spacial score (nSPS) is 11.4. The first-order valence-electron chi connectivity index (χ1n) is 4.77. The van der Waals surface area contributed by atoms with E-state index < -0.39 is 25.5 Å². The average molecular weight is 318 g/mol. The fourth-order valence-corrected chi connectivity index (χ4v) is 1.40. The second-order valence-electron chi connectivity index (χ2n) is 3.37. The van der Waals surface area contributed by atoms with Crippen LogP contribution in [0.5, 0.6) is 0 Å². The molecule has 0 saturated carbocycles. The zero-order chi connectivity index (χ0) is 14.6. The predicted molar refractivity (Wildman–Crippen MR) is 63.2 cm³/mol. The summed E-state index contributed by atoms with van der Waals surface area (Å²) in [6.07, 6.45) is -4.49. The van der Waals surface area contributed by atoms with E-state index in [2.05, 4.69) is 9.47 Å². The molecular weight excluding hydrogens is 310 g/mol. The number of rotatable bonds is 4. The van der Waals surface area contributed by atoms with E-state index in [1.165, 1.54) is 12.1 Å². The van der Waals surface area contributed by atoms with Crippen molar-refractivity contribution < 1.29 is 27.4 Å². The van der Waals surface area contributed by atoms with E-state index >= 15 is 0 Å². The van der Waals surface area contributed by atoms with E-state index in [-0.39, 0.29) is 21.3 Å². The number of esters is 1. The number of carbonyl (C=O) groups excluding carboxylic acids is 1. The Balaban J connectivity index is 2.55. The first-order valence-corrected chi connectivity index (χ1v) is 5.52. The molecule has 0 atom stereocenters. The third kappa shape index (κ3) is 5.14. The zero-order valence-electron chi connectivity index (χ0n) is 9.26. The highest BCUT2D eigenvalue weighted by Crippen LogP contribution is 2.29. The van der Waals surface area contributed by atoms with Gasteiger partial charge in [-0.2, -0.15) is 13.2 Å². The van der Waals surface area contributed by atoms with Crippen LogP contribution in [0.2, 0.25) is 10.0 Å². The number of alkyl halides is 3. The Hall–Kier alpha value is -1.18. The molecule has 0 aromatic heterocycles. The molecule has 0 fully saturated rings. The Kier molecular flexibility index (Phi) is 5.28. The van der Waals surface area contributed by atoms with Gasteiger partial charge in [-0.05, 0) is 12.1 Å². The Morgan fingerprint density at radius 1 is 1.32 bits per heavy atom. The Bertz CT molecular complexity index is 457. The van der Waals surface area contributed by atoms with Crippen LogP contribution < -0.4 is 5.73 Å². The summed E-state index contributed by atoms with van der Waals surface area (Å²) >= 11 is 11.4. The third-order valence-electron chi connectivity index (χ3n) is 1.83. The molecule has 0 aliphatic carbocycles. The lowest BCUT2D eigenvalue weighted by molar-refractivity contribution is -0.190. The fraction of sp³-hybridized carbons (Fsp3) is 0.300. The van der Waals surface area contributed by atoms with Gasteiger partial charge in [-0.1, -0.05) is 23.2 Å². The van der Waals surface area contributed by atoms with Crippen molar-refractivity contribution in [1.82, 2.24) is 0 Å². The van der Waals surface area contributed by atoms with Gasteiger partial charge in [0.25, 0.3) is 0 Å². The van der Waals surface area contributed by atoms with E-state index in [1.807, 2.05) is 0 Å². The number of nitrogens with two attached hydrogens (primary N) is 1. The summed E-state index contributed by atoms with van der Waals surface area (Å²) in [6.45, 7) is -2.34. The molecule has 0 saturated heterocycles. The van der Waals surface area contributed by atoms with Gasteiger partial charge in [-0.25, -0.2) is 4.79 Å². The van der Waals surface area contributed by atoms with Gasteiger partial charge in [-0.3, -0.25) is 0 Å². The molecule has 2 N–H and O–H groups in total. The minimum absolute atomic E-state index is 0.0322. The van der Waals surface area contributed by atoms with Crippen molar-refractivity contribution in [1.29, 1.82) is 0 Å². The fourth-order valence-electron chi connectivity index (χ4n) is 1.06. The number of nitrogen functional groups attached to an aromatic ring is 1. The predicted octanol–water partition coefficient (Wildman–Crippen LogP) is 3.27. The van der Waals surface area contributed by atoms with Gasteiger partial charge in [0, 0.05) is 0 Å². The monoisotopic (exact) mass is 317 g/mol. The number of benzene rings is 1. The molecule has 4 nitrogen and oxygen atoms in total. The number of halogens is 5. The van der Waals surface area contributed by atoms with E-state index in [0.29, 0.717) is 0 Å². The summed E-state index contributed by atoms with van der Waals surface area (Å²) in [7, 11) is 0. The van der Waals surface area contributed by atoms with Crippen LogP contribution in [0.25, 0.3) is 0 Å². The molecule has 0 spiro atoms. The second kappa shape index (κ2) is 6.31. The van der Waals surface area contributed by atoms with E-state index in [9.17, 15) is 18.0 Å². The molecular formula is C10H8Cl2F3NO3. The summed E-state index contributed by atoms with van der Waals surface area (Å²) in [5, 5.41) is 0.108. The number of ether oxygens (including phenoxy) is 2. The van der Waals surface area contributed by atoms with Gasteiger partial charge in [0.05, 0.1) is 21.3 Å². The van der Waals surface area contributed by atoms with Gasteiger partial charge in [0.1, 0.15) is 6.61 Å². The standard InChI is InChI=1S/C10H8Cl2F3NO3/c11-6-1-5(2-7(16)8(6)12)9(17)19-4-18-3-10(13,14)15/h1-2H,3-4,16H2. The highest BCUT2D eigenvalue weighted by molar-refractivity contribution is 6.43. The zero-order valence-corrected chi connectivity index (χ0v) is 10.8. The third-order valence-corrected chi connectivity index (χ3v) is 2.65. The van der Waals surface area contributed by atoms with Crippen LogP contribution in [0, 0.1) is 0 Å². The molecule has 1 aromatic carbocycles. The Morgan fingerprint density at radius 2 is 1.95 bits per heavy atom. The molecule has 1 rings (SSSR count). The van der Waals surface area contributed by atoms with Gasteiger partial charge in [0.15, 0.2) is 6.79 Å². The van der Waals surface area contributed by atoms with Gasteiger partial charge in [-0.15, -0.1) is 0 Å². The van der Waals surface area contributed by atoms with Crippen LogP contribution in [0.4, 0.5) is 18.9 Å². The minimum Gasteiger partial charge on any atom is -0.435 e. The topological polar surface area (TPSA) is 61.6 Å². The molecule has 0 unspecified atom stereocenters. The first kappa shape index (κ1) is 15.9.